The lowest BCUT2D eigenvalue weighted by Gasteiger charge is -2.17. The number of aliphatic hydroxyl groups excluding tert-OH is 1. The number of aromatic nitrogens is 1. The van der Waals surface area contributed by atoms with Crippen molar-refractivity contribution in [3.63, 3.8) is 0 Å². The molecular formula is C11H14N2O2. The lowest BCUT2D eigenvalue weighted by Crippen LogP contribution is -2.20. The summed E-state index contributed by atoms with van der Waals surface area (Å²) >= 11 is 0. The Bertz CT molecular complexity index is 465. The number of anilines is 1. The van der Waals surface area contributed by atoms with E-state index in [1.54, 1.807) is 0 Å². The van der Waals surface area contributed by atoms with Crippen molar-refractivity contribution in [1.29, 1.82) is 0 Å². The van der Waals surface area contributed by atoms with Gasteiger partial charge < -0.3 is 14.4 Å². The summed E-state index contributed by atoms with van der Waals surface area (Å²) in [7, 11) is 1.93. The van der Waals surface area contributed by atoms with Gasteiger partial charge in [-0.2, -0.15) is 0 Å². The Labute approximate surface area is 88.1 Å². The van der Waals surface area contributed by atoms with E-state index in [9.17, 15) is 0 Å². The second-order valence-corrected chi connectivity index (χ2v) is 3.53. The SMILES string of the molecule is Cc1nc2ccc(N(C)CCO)cc2o1. The average Bonchev–Trinajstić information content (AvgIpc) is 2.57. The molecule has 0 atom stereocenters. The second kappa shape index (κ2) is 3.90. The molecule has 0 fully saturated rings. The van der Waals surface area contributed by atoms with Crippen LogP contribution in [-0.4, -0.2) is 30.3 Å². The minimum atomic E-state index is 0.143. The molecule has 1 aromatic heterocycles. The molecule has 4 heteroatoms. The summed E-state index contributed by atoms with van der Waals surface area (Å²) in [5.74, 6) is 0.673. The van der Waals surface area contributed by atoms with Crippen molar-refractivity contribution in [2.45, 2.75) is 6.92 Å². The van der Waals surface area contributed by atoms with Gasteiger partial charge in [0.25, 0.3) is 0 Å². The third-order valence-corrected chi connectivity index (χ3v) is 2.36. The molecule has 0 aliphatic heterocycles. The standard InChI is InChI=1S/C11H14N2O2/c1-8-12-10-4-3-9(7-11(10)15-8)13(2)5-6-14/h3-4,7,14H,5-6H2,1-2H3. The molecule has 0 bridgehead atoms. The largest absolute Gasteiger partial charge is 0.441 e. The van der Waals surface area contributed by atoms with Crippen LogP contribution >= 0.6 is 0 Å². The molecule has 80 valence electrons. The molecular weight excluding hydrogens is 192 g/mol. The first-order valence-corrected chi connectivity index (χ1v) is 4.90. The number of nitrogens with zero attached hydrogens (tertiary/aromatic N) is 2. The molecule has 0 saturated carbocycles. The zero-order valence-electron chi connectivity index (χ0n) is 8.90. The summed E-state index contributed by atoms with van der Waals surface area (Å²) in [6.07, 6.45) is 0. The fraction of sp³-hybridized carbons (Fsp3) is 0.364. The van der Waals surface area contributed by atoms with E-state index in [2.05, 4.69) is 4.98 Å². The molecule has 15 heavy (non-hydrogen) atoms. The number of hydrogen-bond donors (Lipinski definition) is 1. The van der Waals surface area contributed by atoms with Gasteiger partial charge in [0.2, 0.25) is 0 Å². The van der Waals surface area contributed by atoms with Crippen molar-refractivity contribution in [2.24, 2.45) is 0 Å². The average molecular weight is 206 g/mol. The third-order valence-electron chi connectivity index (χ3n) is 2.36. The van der Waals surface area contributed by atoms with E-state index in [4.69, 9.17) is 9.52 Å². The lowest BCUT2D eigenvalue weighted by atomic mass is 10.2. The zero-order chi connectivity index (χ0) is 10.8. The number of fused-ring (bicyclic) bond motifs is 1. The Balaban J connectivity index is 2.37. The van der Waals surface area contributed by atoms with Crippen molar-refractivity contribution in [3.05, 3.63) is 24.1 Å². The Morgan fingerprint density at radius 2 is 2.27 bits per heavy atom. The highest BCUT2D eigenvalue weighted by Crippen LogP contribution is 2.21. The van der Waals surface area contributed by atoms with Crippen LogP contribution in [0.3, 0.4) is 0 Å². The molecule has 0 saturated heterocycles. The molecule has 2 aromatic rings. The number of rotatable bonds is 3. The van der Waals surface area contributed by atoms with E-state index in [0.29, 0.717) is 12.4 Å². The molecule has 4 nitrogen and oxygen atoms in total. The molecule has 0 radical (unpaired) electrons. The highest BCUT2D eigenvalue weighted by atomic mass is 16.3. The monoisotopic (exact) mass is 206 g/mol. The van der Waals surface area contributed by atoms with Crippen LogP contribution < -0.4 is 4.90 Å². The van der Waals surface area contributed by atoms with Crippen LogP contribution in [-0.2, 0) is 0 Å². The van der Waals surface area contributed by atoms with E-state index in [0.717, 1.165) is 16.8 Å². The molecule has 1 heterocycles. The lowest BCUT2D eigenvalue weighted by molar-refractivity contribution is 0.304. The van der Waals surface area contributed by atoms with E-state index in [1.807, 2.05) is 37.1 Å². The first kappa shape index (κ1) is 9.98. The molecule has 2 rings (SSSR count). The summed E-state index contributed by atoms with van der Waals surface area (Å²) < 4.78 is 5.44. The predicted octanol–water partition coefficient (Wildman–Crippen LogP) is 1.56. The number of aliphatic hydroxyl groups is 1. The van der Waals surface area contributed by atoms with E-state index < -0.39 is 0 Å². The van der Waals surface area contributed by atoms with E-state index >= 15 is 0 Å². The Kier molecular flexibility index (Phi) is 2.60. The van der Waals surface area contributed by atoms with E-state index in [1.165, 1.54) is 0 Å². The van der Waals surface area contributed by atoms with Gasteiger partial charge in [-0.15, -0.1) is 0 Å². The van der Waals surface area contributed by atoms with Crippen molar-refractivity contribution in [2.75, 3.05) is 25.1 Å². The highest BCUT2D eigenvalue weighted by Gasteiger charge is 2.05. The molecule has 0 spiro atoms. The summed E-state index contributed by atoms with van der Waals surface area (Å²) in [6, 6.07) is 5.83. The molecule has 0 aliphatic carbocycles. The van der Waals surface area contributed by atoms with Gasteiger partial charge >= 0.3 is 0 Å². The predicted molar refractivity (Wildman–Crippen MR) is 59.1 cm³/mol. The Morgan fingerprint density at radius 1 is 1.47 bits per heavy atom. The molecule has 0 aliphatic rings. The van der Waals surface area contributed by atoms with Gasteiger partial charge in [0.05, 0.1) is 6.61 Å². The van der Waals surface area contributed by atoms with Gasteiger partial charge in [-0.05, 0) is 12.1 Å². The van der Waals surface area contributed by atoms with Gasteiger partial charge in [0.1, 0.15) is 5.52 Å². The van der Waals surface area contributed by atoms with Crippen LogP contribution in [0.25, 0.3) is 11.1 Å². The fourth-order valence-corrected chi connectivity index (χ4v) is 1.55. The summed E-state index contributed by atoms with van der Waals surface area (Å²) in [5, 5.41) is 8.84. The summed E-state index contributed by atoms with van der Waals surface area (Å²) in [4.78, 5) is 6.19. The third kappa shape index (κ3) is 1.94. The van der Waals surface area contributed by atoms with Gasteiger partial charge in [-0.1, -0.05) is 0 Å². The fourth-order valence-electron chi connectivity index (χ4n) is 1.55. The van der Waals surface area contributed by atoms with Crippen molar-refractivity contribution >= 4 is 16.8 Å². The summed E-state index contributed by atoms with van der Waals surface area (Å²) in [5.41, 5.74) is 2.68. The maximum absolute atomic E-state index is 8.84. The minimum Gasteiger partial charge on any atom is -0.441 e. The first-order valence-electron chi connectivity index (χ1n) is 4.90. The number of hydrogen-bond acceptors (Lipinski definition) is 4. The second-order valence-electron chi connectivity index (χ2n) is 3.53. The normalized spacial score (nSPS) is 10.9. The number of benzene rings is 1. The van der Waals surface area contributed by atoms with Crippen LogP contribution in [0.1, 0.15) is 5.89 Å². The van der Waals surface area contributed by atoms with Gasteiger partial charge in [0, 0.05) is 32.3 Å². The van der Waals surface area contributed by atoms with Gasteiger partial charge in [-0.25, -0.2) is 4.98 Å². The van der Waals surface area contributed by atoms with Crippen molar-refractivity contribution in [1.82, 2.24) is 4.98 Å². The first-order chi connectivity index (χ1) is 7.20. The number of likely N-dealkylation sites (N-methyl/N-ethyl adjacent to an activating group) is 1. The highest BCUT2D eigenvalue weighted by molar-refractivity contribution is 5.77. The van der Waals surface area contributed by atoms with Gasteiger partial charge in [-0.3, -0.25) is 0 Å². The maximum atomic E-state index is 8.84. The van der Waals surface area contributed by atoms with Crippen LogP contribution in [0.4, 0.5) is 5.69 Å². The number of oxazole rings is 1. The van der Waals surface area contributed by atoms with Crippen LogP contribution in [0.5, 0.6) is 0 Å². The Hall–Kier alpha value is -1.55. The topological polar surface area (TPSA) is 49.5 Å². The van der Waals surface area contributed by atoms with Crippen LogP contribution in [0, 0.1) is 6.92 Å². The van der Waals surface area contributed by atoms with Crippen molar-refractivity contribution < 1.29 is 9.52 Å². The van der Waals surface area contributed by atoms with Gasteiger partial charge in [0.15, 0.2) is 11.5 Å². The van der Waals surface area contributed by atoms with Crippen molar-refractivity contribution in [3.8, 4) is 0 Å². The zero-order valence-corrected chi connectivity index (χ0v) is 8.90. The molecule has 1 N–H and O–H groups in total. The molecule has 0 unspecified atom stereocenters. The quantitative estimate of drug-likeness (QED) is 0.828. The van der Waals surface area contributed by atoms with Crippen LogP contribution in [0.15, 0.2) is 22.6 Å². The summed E-state index contributed by atoms with van der Waals surface area (Å²) in [6.45, 7) is 2.58. The molecule has 0 amide bonds. The minimum absolute atomic E-state index is 0.143. The smallest absolute Gasteiger partial charge is 0.192 e. The number of aryl methyl sites for hydroxylation is 1. The Morgan fingerprint density at radius 3 is 3.00 bits per heavy atom. The van der Waals surface area contributed by atoms with E-state index in [-0.39, 0.29) is 6.61 Å². The molecule has 1 aromatic carbocycles. The van der Waals surface area contributed by atoms with Crippen LogP contribution in [0.2, 0.25) is 0 Å². The maximum Gasteiger partial charge on any atom is 0.192 e.